The van der Waals surface area contributed by atoms with Crippen LogP contribution in [0.1, 0.15) is 27.3 Å². The highest BCUT2D eigenvalue weighted by Crippen LogP contribution is 2.33. The average Bonchev–Trinajstić information content (AvgIpc) is 3.13. The molecule has 0 aliphatic rings. The predicted octanol–water partition coefficient (Wildman–Crippen LogP) is 6.15. The first kappa shape index (κ1) is 24.6. The van der Waals surface area contributed by atoms with Gasteiger partial charge in [-0.25, -0.2) is 4.79 Å². The number of amides is 1. The zero-order valence-corrected chi connectivity index (χ0v) is 20.9. The largest absolute Gasteiger partial charge is 0.452 e. The van der Waals surface area contributed by atoms with E-state index >= 15 is 0 Å². The number of benzene rings is 3. The summed E-state index contributed by atoms with van der Waals surface area (Å²) >= 11 is 7.81. The van der Waals surface area contributed by atoms with Crippen LogP contribution in [0.5, 0.6) is 0 Å². The van der Waals surface area contributed by atoms with Crippen LogP contribution in [-0.2, 0) is 16.1 Å². The van der Waals surface area contributed by atoms with Crippen molar-refractivity contribution in [3.05, 3.63) is 106 Å². The van der Waals surface area contributed by atoms with Crippen LogP contribution in [0.25, 0.3) is 0 Å². The van der Waals surface area contributed by atoms with Crippen LogP contribution < -0.4 is 5.32 Å². The number of esters is 1. The van der Waals surface area contributed by atoms with E-state index in [1.54, 1.807) is 30.3 Å². The maximum absolute atomic E-state index is 12.8. The highest BCUT2D eigenvalue weighted by molar-refractivity contribution is 7.99. The van der Waals surface area contributed by atoms with E-state index in [1.165, 1.54) is 0 Å². The van der Waals surface area contributed by atoms with E-state index in [-0.39, 0.29) is 0 Å². The molecule has 0 aliphatic carbocycles. The van der Waals surface area contributed by atoms with Gasteiger partial charge in [0.15, 0.2) is 6.61 Å². The number of anilines is 1. The lowest BCUT2D eigenvalue weighted by Gasteiger charge is -2.11. The third-order valence-corrected chi connectivity index (χ3v) is 6.78. The molecule has 0 bridgehead atoms. The summed E-state index contributed by atoms with van der Waals surface area (Å²) in [5.74, 6) is -1.01. The molecule has 6 nitrogen and oxygen atoms in total. The van der Waals surface area contributed by atoms with Gasteiger partial charge in [-0.3, -0.25) is 9.48 Å². The molecule has 1 N–H and O–H groups in total. The molecule has 0 unspecified atom stereocenters. The maximum atomic E-state index is 12.8. The van der Waals surface area contributed by atoms with E-state index < -0.39 is 18.5 Å². The molecule has 4 rings (SSSR count). The average molecular weight is 506 g/mol. The molecule has 1 amide bonds. The number of ether oxygens (including phenoxy) is 1. The number of nitrogens with one attached hydrogen (secondary N) is 1. The Morgan fingerprint density at radius 2 is 1.66 bits per heavy atom. The lowest BCUT2D eigenvalue weighted by Crippen LogP contribution is -2.21. The minimum Gasteiger partial charge on any atom is -0.452 e. The van der Waals surface area contributed by atoms with Gasteiger partial charge in [-0.05, 0) is 49.7 Å². The summed E-state index contributed by atoms with van der Waals surface area (Å²) in [6, 6.07) is 24.9. The molecule has 4 aromatic rings. The van der Waals surface area contributed by atoms with Crippen LogP contribution in [0.15, 0.2) is 88.7 Å². The molecule has 8 heteroatoms. The number of aryl methyl sites for hydroxylation is 1. The van der Waals surface area contributed by atoms with Gasteiger partial charge in [0.1, 0.15) is 5.56 Å². The quantitative estimate of drug-likeness (QED) is 0.291. The van der Waals surface area contributed by atoms with Crippen molar-refractivity contribution in [2.45, 2.75) is 30.2 Å². The summed E-state index contributed by atoms with van der Waals surface area (Å²) < 4.78 is 7.04. The highest BCUT2D eigenvalue weighted by Gasteiger charge is 2.21. The Balaban J connectivity index is 1.39. The molecule has 3 aromatic carbocycles. The maximum Gasteiger partial charge on any atom is 0.342 e. The fourth-order valence-electron chi connectivity index (χ4n) is 3.60. The molecule has 0 aliphatic heterocycles. The molecule has 0 saturated heterocycles. The van der Waals surface area contributed by atoms with Crippen molar-refractivity contribution in [3.8, 4) is 0 Å². The number of halogens is 1. The molecular weight excluding hydrogens is 482 g/mol. The monoisotopic (exact) mass is 505 g/mol. The van der Waals surface area contributed by atoms with Crippen molar-refractivity contribution in [1.82, 2.24) is 9.78 Å². The Bertz CT molecular complexity index is 1360. The van der Waals surface area contributed by atoms with Crippen LogP contribution in [0, 0.1) is 13.8 Å². The summed E-state index contributed by atoms with van der Waals surface area (Å²) in [6.07, 6.45) is 0. The van der Waals surface area contributed by atoms with Gasteiger partial charge in [0, 0.05) is 14.8 Å². The first-order valence-corrected chi connectivity index (χ1v) is 12.2. The smallest absolute Gasteiger partial charge is 0.342 e. The topological polar surface area (TPSA) is 73.2 Å². The van der Waals surface area contributed by atoms with Gasteiger partial charge in [0.2, 0.25) is 0 Å². The zero-order chi connectivity index (χ0) is 24.8. The van der Waals surface area contributed by atoms with Crippen molar-refractivity contribution in [1.29, 1.82) is 0 Å². The minimum atomic E-state index is -0.590. The lowest BCUT2D eigenvalue weighted by molar-refractivity contribution is -0.119. The van der Waals surface area contributed by atoms with Crippen molar-refractivity contribution in [2.24, 2.45) is 0 Å². The van der Waals surface area contributed by atoms with E-state index in [9.17, 15) is 9.59 Å². The van der Waals surface area contributed by atoms with Gasteiger partial charge in [-0.1, -0.05) is 71.9 Å². The fraction of sp³-hybridized carbons (Fsp3) is 0.148. The second-order valence-electron chi connectivity index (χ2n) is 7.83. The Labute approximate surface area is 213 Å². The van der Waals surface area contributed by atoms with E-state index in [4.69, 9.17) is 16.3 Å². The third-order valence-electron chi connectivity index (χ3n) is 5.33. The van der Waals surface area contributed by atoms with Crippen molar-refractivity contribution in [3.63, 3.8) is 0 Å². The highest BCUT2D eigenvalue weighted by atomic mass is 35.5. The third kappa shape index (κ3) is 6.12. The molecule has 0 saturated carbocycles. The number of carbonyl (C=O) groups excluding carboxylic acids is 2. The van der Waals surface area contributed by atoms with E-state index in [2.05, 4.69) is 10.4 Å². The molecule has 1 heterocycles. The number of hydrogen-bond donors (Lipinski definition) is 1. The summed E-state index contributed by atoms with van der Waals surface area (Å²) in [7, 11) is 0. The first-order chi connectivity index (χ1) is 16.9. The normalized spacial score (nSPS) is 10.7. The van der Waals surface area contributed by atoms with Gasteiger partial charge >= 0.3 is 5.97 Å². The number of aromatic nitrogens is 2. The lowest BCUT2D eigenvalue weighted by atomic mass is 10.2. The predicted molar refractivity (Wildman–Crippen MR) is 138 cm³/mol. The number of nitrogens with zero attached hydrogens (tertiary/aromatic N) is 2. The molecular formula is C27H24ClN3O3S. The molecule has 0 radical (unpaired) electrons. The van der Waals surface area contributed by atoms with Crippen LogP contribution in [0.4, 0.5) is 5.69 Å². The fourth-order valence-corrected chi connectivity index (χ4v) is 4.72. The van der Waals surface area contributed by atoms with Crippen LogP contribution in [0.2, 0.25) is 5.02 Å². The van der Waals surface area contributed by atoms with Crippen molar-refractivity contribution >= 4 is 40.9 Å². The Hall–Kier alpha value is -3.55. The number of carbonyl (C=O) groups is 2. The summed E-state index contributed by atoms with van der Waals surface area (Å²) in [5, 5.41) is 7.94. The van der Waals surface area contributed by atoms with Crippen LogP contribution in [0.3, 0.4) is 0 Å². The Morgan fingerprint density at radius 3 is 2.43 bits per heavy atom. The standard InChI is InChI=1S/C27H24ClN3O3S/c1-18-26(19(2)31(30-18)16-20-10-6-7-13-22(20)28)27(33)34-17-25(32)29-23-14-8-9-15-24(23)35-21-11-4-3-5-12-21/h3-15H,16-17H2,1-2H3,(H,29,32). The van der Waals surface area contributed by atoms with Gasteiger partial charge in [-0.2, -0.15) is 5.10 Å². The molecule has 0 atom stereocenters. The molecule has 0 fully saturated rings. The SMILES string of the molecule is Cc1nn(Cc2ccccc2Cl)c(C)c1C(=O)OCC(=O)Nc1ccccc1Sc1ccccc1. The van der Waals surface area contributed by atoms with Crippen LogP contribution >= 0.6 is 23.4 Å². The van der Waals surface area contributed by atoms with Gasteiger partial charge in [0.05, 0.1) is 23.6 Å². The summed E-state index contributed by atoms with van der Waals surface area (Å²) in [6.45, 7) is 3.56. The summed E-state index contributed by atoms with van der Waals surface area (Å²) in [5.41, 5.74) is 3.08. The molecule has 178 valence electrons. The van der Waals surface area contributed by atoms with E-state index in [0.29, 0.717) is 34.2 Å². The molecule has 0 spiro atoms. The minimum absolute atomic E-state index is 0.352. The van der Waals surface area contributed by atoms with Crippen LogP contribution in [-0.4, -0.2) is 28.3 Å². The second kappa shape index (κ2) is 11.3. The Morgan fingerprint density at radius 1 is 0.971 bits per heavy atom. The second-order valence-corrected chi connectivity index (χ2v) is 9.35. The van der Waals surface area contributed by atoms with E-state index in [1.807, 2.05) is 78.9 Å². The van der Waals surface area contributed by atoms with Gasteiger partial charge in [0.25, 0.3) is 5.91 Å². The van der Waals surface area contributed by atoms with E-state index in [0.717, 1.165) is 15.4 Å². The molecule has 1 aromatic heterocycles. The number of hydrogen-bond acceptors (Lipinski definition) is 5. The zero-order valence-electron chi connectivity index (χ0n) is 19.3. The first-order valence-electron chi connectivity index (χ1n) is 11.0. The van der Waals surface area contributed by atoms with Crippen molar-refractivity contribution < 1.29 is 14.3 Å². The van der Waals surface area contributed by atoms with Crippen molar-refractivity contribution in [2.75, 3.05) is 11.9 Å². The van der Waals surface area contributed by atoms with Gasteiger partial charge < -0.3 is 10.1 Å². The number of rotatable bonds is 8. The summed E-state index contributed by atoms with van der Waals surface area (Å²) in [4.78, 5) is 27.3. The number of para-hydroxylation sites is 1. The van der Waals surface area contributed by atoms with Gasteiger partial charge in [-0.15, -0.1) is 0 Å². The molecule has 35 heavy (non-hydrogen) atoms. The Kier molecular flexibility index (Phi) is 7.90.